The summed E-state index contributed by atoms with van der Waals surface area (Å²) in [6.45, 7) is 4.89. The number of amides is 2. The zero-order chi connectivity index (χ0) is 21.8. The molecule has 2 aromatic carbocycles. The van der Waals surface area contributed by atoms with Crippen molar-refractivity contribution >= 4 is 29.1 Å². The Balaban J connectivity index is 1.67. The predicted molar refractivity (Wildman–Crippen MR) is 120 cm³/mol. The molecule has 31 heavy (non-hydrogen) atoms. The molecule has 0 aliphatic carbocycles. The standard InChI is InChI=1S/C25H23NO4S/c1-17(2)16-30-19-12-10-18(11-13-19)22-23(31-21-8-4-3-5-9-21)25(28)26(24(22)27)15-20-7-6-14-29-20/h3-14,17H,15-16H2,1-2H3. The van der Waals surface area contributed by atoms with Crippen molar-refractivity contribution < 1.29 is 18.7 Å². The van der Waals surface area contributed by atoms with E-state index in [0.29, 0.717) is 34.3 Å². The van der Waals surface area contributed by atoms with E-state index in [0.717, 1.165) is 10.6 Å². The lowest BCUT2D eigenvalue weighted by molar-refractivity contribution is -0.137. The maximum atomic E-state index is 13.3. The summed E-state index contributed by atoms with van der Waals surface area (Å²) in [4.78, 5) is 29.1. The van der Waals surface area contributed by atoms with Crippen LogP contribution in [0.25, 0.3) is 5.57 Å². The van der Waals surface area contributed by atoms with Crippen LogP contribution in [-0.2, 0) is 16.1 Å². The van der Waals surface area contributed by atoms with Crippen molar-refractivity contribution in [1.82, 2.24) is 4.90 Å². The smallest absolute Gasteiger partial charge is 0.268 e. The van der Waals surface area contributed by atoms with Crippen LogP contribution in [0.5, 0.6) is 5.75 Å². The number of imide groups is 1. The number of carbonyl (C=O) groups is 2. The Hall–Kier alpha value is -3.25. The van der Waals surface area contributed by atoms with Gasteiger partial charge in [0.25, 0.3) is 11.8 Å². The van der Waals surface area contributed by atoms with Crippen LogP contribution < -0.4 is 4.74 Å². The summed E-state index contributed by atoms with van der Waals surface area (Å²) in [6, 6.07) is 20.4. The van der Waals surface area contributed by atoms with Crippen LogP contribution in [0.1, 0.15) is 25.2 Å². The minimum atomic E-state index is -0.323. The summed E-state index contributed by atoms with van der Waals surface area (Å²) >= 11 is 1.31. The number of rotatable bonds is 8. The zero-order valence-corrected chi connectivity index (χ0v) is 18.2. The first-order valence-corrected chi connectivity index (χ1v) is 10.9. The minimum absolute atomic E-state index is 0.0998. The van der Waals surface area contributed by atoms with Crippen molar-refractivity contribution in [3.05, 3.63) is 89.2 Å². The van der Waals surface area contributed by atoms with Crippen LogP contribution in [0.4, 0.5) is 0 Å². The van der Waals surface area contributed by atoms with Gasteiger partial charge < -0.3 is 9.15 Å². The Morgan fingerprint density at radius 3 is 2.32 bits per heavy atom. The summed E-state index contributed by atoms with van der Waals surface area (Å²) in [5.41, 5.74) is 1.09. The van der Waals surface area contributed by atoms with Gasteiger partial charge in [0.2, 0.25) is 0 Å². The number of thioether (sulfide) groups is 1. The van der Waals surface area contributed by atoms with E-state index in [-0.39, 0.29) is 18.4 Å². The molecule has 0 spiro atoms. The number of furan rings is 1. The third kappa shape index (κ3) is 4.75. The molecule has 0 N–H and O–H groups in total. The SMILES string of the molecule is CC(C)COc1ccc(C2=C(Sc3ccccc3)C(=O)N(Cc3ccco3)C2=O)cc1. The van der Waals surface area contributed by atoms with Crippen molar-refractivity contribution in [2.45, 2.75) is 25.3 Å². The number of hydrogen-bond acceptors (Lipinski definition) is 5. The zero-order valence-electron chi connectivity index (χ0n) is 17.4. The molecule has 4 rings (SSSR count). The van der Waals surface area contributed by atoms with E-state index in [4.69, 9.17) is 9.15 Å². The summed E-state index contributed by atoms with van der Waals surface area (Å²) in [7, 11) is 0. The van der Waals surface area contributed by atoms with Gasteiger partial charge in [0.1, 0.15) is 11.5 Å². The molecule has 1 aliphatic rings. The summed E-state index contributed by atoms with van der Waals surface area (Å²) < 4.78 is 11.1. The second kappa shape index (κ2) is 9.27. The molecule has 0 unspecified atom stereocenters. The van der Waals surface area contributed by atoms with E-state index in [1.807, 2.05) is 54.6 Å². The predicted octanol–water partition coefficient (Wildman–Crippen LogP) is 5.39. The molecule has 0 fully saturated rings. The molecule has 158 valence electrons. The van der Waals surface area contributed by atoms with Gasteiger partial charge >= 0.3 is 0 Å². The highest BCUT2D eigenvalue weighted by molar-refractivity contribution is 8.04. The number of carbonyl (C=O) groups excluding carboxylic acids is 2. The summed E-state index contributed by atoms with van der Waals surface area (Å²) in [5.74, 6) is 1.07. The summed E-state index contributed by atoms with van der Waals surface area (Å²) in [6.07, 6.45) is 1.53. The van der Waals surface area contributed by atoms with E-state index in [1.54, 1.807) is 12.1 Å². The van der Waals surface area contributed by atoms with Gasteiger partial charge in [-0.15, -0.1) is 0 Å². The van der Waals surface area contributed by atoms with E-state index < -0.39 is 0 Å². The molecule has 0 saturated carbocycles. The van der Waals surface area contributed by atoms with Crippen LogP contribution in [0.15, 0.2) is 87.2 Å². The number of hydrogen-bond donors (Lipinski definition) is 0. The normalized spacial score (nSPS) is 14.1. The van der Waals surface area contributed by atoms with Crippen LogP contribution in [-0.4, -0.2) is 23.3 Å². The molecule has 0 saturated heterocycles. The molecule has 1 aromatic heterocycles. The largest absolute Gasteiger partial charge is 0.493 e. The van der Waals surface area contributed by atoms with Gasteiger partial charge in [0, 0.05) is 4.90 Å². The second-order valence-electron chi connectivity index (χ2n) is 7.62. The van der Waals surface area contributed by atoms with Crippen molar-refractivity contribution in [2.75, 3.05) is 6.61 Å². The molecule has 0 bridgehead atoms. The van der Waals surface area contributed by atoms with E-state index in [2.05, 4.69) is 13.8 Å². The highest BCUT2D eigenvalue weighted by atomic mass is 32.2. The molecular weight excluding hydrogens is 410 g/mol. The monoisotopic (exact) mass is 433 g/mol. The van der Waals surface area contributed by atoms with E-state index >= 15 is 0 Å². The van der Waals surface area contributed by atoms with Gasteiger partial charge in [-0.25, -0.2) is 0 Å². The lowest BCUT2D eigenvalue weighted by atomic mass is 10.1. The third-order valence-corrected chi connectivity index (χ3v) is 5.80. The van der Waals surface area contributed by atoms with Crippen LogP contribution >= 0.6 is 11.8 Å². The first-order valence-electron chi connectivity index (χ1n) is 10.1. The van der Waals surface area contributed by atoms with Crippen molar-refractivity contribution in [2.24, 2.45) is 5.92 Å². The average molecular weight is 434 g/mol. The van der Waals surface area contributed by atoms with Crippen molar-refractivity contribution in [1.29, 1.82) is 0 Å². The van der Waals surface area contributed by atoms with Crippen molar-refractivity contribution in [3.63, 3.8) is 0 Å². The fourth-order valence-corrected chi connectivity index (χ4v) is 4.23. The Morgan fingerprint density at radius 1 is 0.935 bits per heavy atom. The average Bonchev–Trinajstić information content (AvgIpc) is 3.37. The molecular formula is C25H23NO4S. The number of nitrogens with zero attached hydrogens (tertiary/aromatic N) is 1. The van der Waals surface area contributed by atoms with Gasteiger partial charge in [-0.1, -0.05) is 55.9 Å². The fraction of sp³-hybridized carbons (Fsp3) is 0.200. The Kier molecular flexibility index (Phi) is 6.28. The lowest BCUT2D eigenvalue weighted by Gasteiger charge is -2.13. The molecule has 5 nitrogen and oxygen atoms in total. The summed E-state index contributed by atoms with van der Waals surface area (Å²) in [5, 5.41) is 0. The van der Waals surface area contributed by atoms with Gasteiger partial charge in [-0.2, -0.15) is 0 Å². The maximum absolute atomic E-state index is 13.3. The number of benzene rings is 2. The van der Waals surface area contributed by atoms with Gasteiger partial charge in [0.15, 0.2) is 0 Å². The molecule has 6 heteroatoms. The van der Waals surface area contributed by atoms with Gasteiger partial charge in [-0.05, 0) is 47.9 Å². The van der Waals surface area contributed by atoms with E-state index in [1.165, 1.54) is 22.9 Å². The van der Waals surface area contributed by atoms with E-state index in [9.17, 15) is 9.59 Å². The van der Waals surface area contributed by atoms with Gasteiger partial charge in [0.05, 0.1) is 29.9 Å². The minimum Gasteiger partial charge on any atom is -0.493 e. The Bertz CT molecular complexity index is 1090. The fourth-order valence-electron chi connectivity index (χ4n) is 3.19. The van der Waals surface area contributed by atoms with Gasteiger partial charge in [-0.3, -0.25) is 14.5 Å². The second-order valence-corrected chi connectivity index (χ2v) is 8.71. The van der Waals surface area contributed by atoms with Crippen LogP contribution in [0.2, 0.25) is 0 Å². The maximum Gasteiger partial charge on any atom is 0.268 e. The Labute approximate surface area is 185 Å². The molecule has 3 aromatic rings. The highest BCUT2D eigenvalue weighted by Gasteiger charge is 2.39. The highest BCUT2D eigenvalue weighted by Crippen LogP contribution is 2.40. The first-order chi connectivity index (χ1) is 15.0. The quantitative estimate of drug-likeness (QED) is 0.446. The molecule has 1 aliphatic heterocycles. The molecule has 2 amide bonds. The van der Waals surface area contributed by atoms with Crippen LogP contribution in [0.3, 0.4) is 0 Å². The third-order valence-electron chi connectivity index (χ3n) is 4.71. The molecule has 0 radical (unpaired) electrons. The lowest BCUT2D eigenvalue weighted by Crippen LogP contribution is -2.30. The number of ether oxygens (including phenoxy) is 1. The molecule has 2 heterocycles. The molecule has 0 atom stereocenters. The topological polar surface area (TPSA) is 59.8 Å². The van der Waals surface area contributed by atoms with Crippen LogP contribution in [0, 0.1) is 5.92 Å². The Morgan fingerprint density at radius 2 is 1.68 bits per heavy atom. The van der Waals surface area contributed by atoms with Crippen molar-refractivity contribution in [3.8, 4) is 5.75 Å². The first kappa shape index (κ1) is 21.0.